The van der Waals surface area contributed by atoms with E-state index in [9.17, 15) is 9.59 Å². The number of benzene rings is 2. The van der Waals surface area contributed by atoms with Gasteiger partial charge in [0.25, 0.3) is 5.91 Å². The van der Waals surface area contributed by atoms with Crippen molar-refractivity contribution in [3.63, 3.8) is 0 Å². The number of amides is 2. The van der Waals surface area contributed by atoms with Gasteiger partial charge in [-0.1, -0.05) is 23.7 Å². The van der Waals surface area contributed by atoms with E-state index in [4.69, 9.17) is 16.3 Å². The molecule has 1 aliphatic heterocycles. The van der Waals surface area contributed by atoms with Crippen LogP contribution in [0.15, 0.2) is 53.4 Å². The molecule has 0 spiro atoms. The van der Waals surface area contributed by atoms with Gasteiger partial charge in [-0.25, -0.2) is 0 Å². The molecule has 2 amide bonds. The van der Waals surface area contributed by atoms with E-state index in [0.29, 0.717) is 30.3 Å². The SMILES string of the molecule is CCOc1ccc(C(=O)N2CCC(NC(=O)C(C)Sc3ccccc3Cl)CC2)cc1. The first kappa shape index (κ1) is 22.5. The number of piperidine rings is 1. The lowest BCUT2D eigenvalue weighted by molar-refractivity contribution is -0.121. The predicted octanol–water partition coefficient (Wildman–Crippen LogP) is 4.64. The lowest BCUT2D eigenvalue weighted by Crippen LogP contribution is -2.48. The molecule has 1 heterocycles. The van der Waals surface area contributed by atoms with Gasteiger partial charge in [-0.2, -0.15) is 0 Å². The Morgan fingerprint density at radius 3 is 2.47 bits per heavy atom. The van der Waals surface area contributed by atoms with Crippen LogP contribution in [0.4, 0.5) is 0 Å². The van der Waals surface area contributed by atoms with Crippen molar-refractivity contribution in [2.75, 3.05) is 19.7 Å². The number of hydrogen-bond donors (Lipinski definition) is 1. The lowest BCUT2D eigenvalue weighted by Gasteiger charge is -2.33. The van der Waals surface area contributed by atoms with Crippen molar-refractivity contribution in [2.24, 2.45) is 0 Å². The monoisotopic (exact) mass is 446 g/mol. The van der Waals surface area contributed by atoms with E-state index in [2.05, 4.69) is 5.32 Å². The maximum absolute atomic E-state index is 12.7. The van der Waals surface area contributed by atoms with Crippen LogP contribution in [0, 0.1) is 0 Å². The second-order valence-electron chi connectivity index (χ2n) is 7.22. The van der Waals surface area contributed by atoms with Crippen LogP contribution in [0.1, 0.15) is 37.0 Å². The number of rotatable bonds is 7. The Hall–Kier alpha value is -2.18. The Kier molecular flexibility index (Phi) is 8.05. The van der Waals surface area contributed by atoms with Gasteiger partial charge in [0.15, 0.2) is 0 Å². The fraction of sp³-hybridized carbons (Fsp3) is 0.391. The minimum Gasteiger partial charge on any atom is -0.494 e. The molecule has 1 saturated heterocycles. The maximum atomic E-state index is 12.7. The van der Waals surface area contributed by atoms with E-state index >= 15 is 0 Å². The molecule has 0 bridgehead atoms. The van der Waals surface area contributed by atoms with Gasteiger partial charge in [-0.15, -0.1) is 11.8 Å². The maximum Gasteiger partial charge on any atom is 0.253 e. The quantitative estimate of drug-likeness (QED) is 0.629. The van der Waals surface area contributed by atoms with Crippen molar-refractivity contribution in [3.05, 3.63) is 59.1 Å². The number of nitrogens with one attached hydrogen (secondary N) is 1. The summed E-state index contributed by atoms with van der Waals surface area (Å²) in [5, 5.41) is 3.54. The first-order chi connectivity index (χ1) is 14.5. The van der Waals surface area contributed by atoms with E-state index in [0.717, 1.165) is 23.5 Å². The number of likely N-dealkylation sites (tertiary alicyclic amines) is 1. The highest BCUT2D eigenvalue weighted by Crippen LogP contribution is 2.30. The van der Waals surface area contributed by atoms with Crippen molar-refractivity contribution >= 4 is 35.2 Å². The molecule has 1 atom stereocenters. The van der Waals surface area contributed by atoms with Crippen LogP contribution >= 0.6 is 23.4 Å². The van der Waals surface area contributed by atoms with Gasteiger partial charge in [-0.3, -0.25) is 9.59 Å². The molecule has 0 saturated carbocycles. The van der Waals surface area contributed by atoms with Gasteiger partial charge < -0.3 is 15.0 Å². The highest BCUT2D eigenvalue weighted by atomic mass is 35.5. The number of hydrogen-bond acceptors (Lipinski definition) is 4. The van der Waals surface area contributed by atoms with E-state index in [-0.39, 0.29) is 23.1 Å². The zero-order chi connectivity index (χ0) is 21.5. The molecule has 2 aromatic carbocycles. The van der Waals surface area contributed by atoms with Crippen LogP contribution in [0.25, 0.3) is 0 Å². The van der Waals surface area contributed by atoms with Crippen LogP contribution < -0.4 is 10.1 Å². The Morgan fingerprint density at radius 2 is 1.83 bits per heavy atom. The molecule has 1 unspecified atom stereocenters. The van der Waals surface area contributed by atoms with Gasteiger partial charge in [0.2, 0.25) is 5.91 Å². The summed E-state index contributed by atoms with van der Waals surface area (Å²) in [5.74, 6) is 0.779. The van der Waals surface area contributed by atoms with Gasteiger partial charge in [0, 0.05) is 29.6 Å². The minimum absolute atomic E-state index is 0.00351. The zero-order valence-corrected chi connectivity index (χ0v) is 18.8. The molecule has 2 aromatic rings. The summed E-state index contributed by atoms with van der Waals surface area (Å²) in [6.07, 6.45) is 1.50. The molecular formula is C23H27ClN2O3S. The van der Waals surface area contributed by atoms with Gasteiger partial charge in [0.05, 0.1) is 16.9 Å². The fourth-order valence-electron chi connectivity index (χ4n) is 3.37. The third-order valence-corrected chi connectivity index (χ3v) is 6.67. The highest BCUT2D eigenvalue weighted by Gasteiger charge is 2.26. The van der Waals surface area contributed by atoms with Crippen molar-refractivity contribution in [3.8, 4) is 5.75 Å². The third-order valence-electron chi connectivity index (χ3n) is 5.05. The summed E-state index contributed by atoms with van der Waals surface area (Å²) >= 11 is 7.64. The number of thioether (sulfide) groups is 1. The third kappa shape index (κ3) is 5.92. The Morgan fingerprint density at radius 1 is 1.17 bits per heavy atom. The standard InChI is InChI=1S/C23H27ClN2O3S/c1-3-29-19-10-8-17(9-11-19)23(28)26-14-12-18(13-15-26)25-22(27)16(2)30-21-7-5-4-6-20(21)24/h4-11,16,18H,3,12-15H2,1-2H3,(H,25,27). The van der Waals surface area contributed by atoms with Crippen molar-refractivity contribution < 1.29 is 14.3 Å². The van der Waals surface area contributed by atoms with Gasteiger partial charge in [-0.05, 0) is 63.1 Å². The topological polar surface area (TPSA) is 58.6 Å². The zero-order valence-electron chi connectivity index (χ0n) is 17.3. The summed E-state index contributed by atoms with van der Waals surface area (Å²) in [6, 6.07) is 14.9. The Balaban J connectivity index is 1.47. The Bertz CT molecular complexity index is 867. The lowest BCUT2D eigenvalue weighted by atomic mass is 10.0. The second kappa shape index (κ2) is 10.7. The number of nitrogens with zero attached hydrogens (tertiary/aromatic N) is 1. The fourth-order valence-corrected chi connectivity index (χ4v) is 4.54. The minimum atomic E-state index is -0.242. The smallest absolute Gasteiger partial charge is 0.253 e. The number of ether oxygens (including phenoxy) is 1. The second-order valence-corrected chi connectivity index (χ2v) is 9.01. The van der Waals surface area contributed by atoms with E-state index in [1.807, 2.05) is 55.1 Å². The van der Waals surface area contributed by atoms with Crippen LogP contribution in [-0.2, 0) is 4.79 Å². The summed E-state index contributed by atoms with van der Waals surface area (Å²) in [7, 11) is 0. The van der Waals surface area contributed by atoms with Gasteiger partial charge in [0.1, 0.15) is 5.75 Å². The van der Waals surface area contributed by atoms with Crippen LogP contribution in [0.5, 0.6) is 5.75 Å². The molecule has 1 N–H and O–H groups in total. The molecule has 0 aromatic heterocycles. The molecular weight excluding hydrogens is 420 g/mol. The van der Waals surface area contributed by atoms with Crippen molar-refractivity contribution in [2.45, 2.75) is 42.9 Å². The summed E-state index contributed by atoms with van der Waals surface area (Å²) < 4.78 is 5.43. The molecule has 5 nitrogen and oxygen atoms in total. The summed E-state index contributed by atoms with van der Waals surface area (Å²) in [4.78, 5) is 28.1. The largest absolute Gasteiger partial charge is 0.494 e. The molecule has 160 valence electrons. The normalized spacial score (nSPS) is 15.5. The molecule has 7 heteroatoms. The van der Waals surface area contributed by atoms with Crippen LogP contribution in [-0.4, -0.2) is 47.7 Å². The molecule has 0 aliphatic carbocycles. The Labute approximate surface area is 187 Å². The van der Waals surface area contributed by atoms with E-state index in [1.54, 1.807) is 12.1 Å². The molecule has 0 radical (unpaired) electrons. The number of halogens is 1. The first-order valence-corrected chi connectivity index (χ1v) is 11.5. The number of carbonyl (C=O) groups excluding carboxylic acids is 2. The molecule has 1 aliphatic rings. The predicted molar refractivity (Wildman–Crippen MR) is 121 cm³/mol. The van der Waals surface area contributed by atoms with E-state index < -0.39 is 0 Å². The molecule has 3 rings (SSSR count). The van der Waals surface area contributed by atoms with Crippen LogP contribution in [0.3, 0.4) is 0 Å². The van der Waals surface area contributed by atoms with Crippen molar-refractivity contribution in [1.29, 1.82) is 0 Å². The first-order valence-electron chi connectivity index (χ1n) is 10.2. The van der Waals surface area contributed by atoms with Crippen molar-refractivity contribution in [1.82, 2.24) is 10.2 Å². The summed E-state index contributed by atoms with van der Waals surface area (Å²) in [5.41, 5.74) is 0.658. The van der Waals surface area contributed by atoms with Crippen LogP contribution in [0.2, 0.25) is 5.02 Å². The highest BCUT2D eigenvalue weighted by molar-refractivity contribution is 8.00. The average molecular weight is 447 g/mol. The molecule has 1 fully saturated rings. The number of carbonyl (C=O) groups is 2. The molecule has 30 heavy (non-hydrogen) atoms. The van der Waals surface area contributed by atoms with E-state index in [1.165, 1.54) is 11.8 Å². The van der Waals surface area contributed by atoms with Gasteiger partial charge >= 0.3 is 0 Å². The average Bonchev–Trinajstić information content (AvgIpc) is 2.76. The summed E-state index contributed by atoms with van der Waals surface area (Å²) in [6.45, 7) is 5.67.